The number of hydrogen-bond donors (Lipinski definition) is 3. The van der Waals surface area contributed by atoms with Crippen LogP contribution in [0.4, 0.5) is 5.13 Å². The third kappa shape index (κ3) is 5.64. The smallest absolute Gasteiger partial charge is 0.289 e. The minimum Gasteiger partial charge on any atom is -0.304 e. The fourth-order valence-corrected chi connectivity index (χ4v) is 4.95. The molecule has 0 aliphatic carbocycles. The van der Waals surface area contributed by atoms with Gasteiger partial charge in [0.25, 0.3) is 11.8 Å². The molecule has 3 amide bonds. The van der Waals surface area contributed by atoms with E-state index in [2.05, 4.69) is 26.1 Å². The van der Waals surface area contributed by atoms with Gasteiger partial charge in [-0.15, -0.1) is 11.3 Å². The number of amides is 3. The first-order valence-corrected chi connectivity index (χ1v) is 11.6. The van der Waals surface area contributed by atoms with Crippen LogP contribution >= 0.6 is 11.3 Å². The highest BCUT2D eigenvalue weighted by atomic mass is 32.2. The second-order valence-corrected chi connectivity index (χ2v) is 9.66. The normalized spacial score (nSPS) is 15.3. The molecular weight excluding hydrogens is 444 g/mol. The summed E-state index contributed by atoms with van der Waals surface area (Å²) in [7, 11) is -1.69. The number of nitrogens with one attached hydrogen (secondary N) is 3. The summed E-state index contributed by atoms with van der Waals surface area (Å²) in [5.74, 6) is -1.59. The van der Waals surface area contributed by atoms with Gasteiger partial charge >= 0.3 is 0 Å². The number of piperazine rings is 1. The van der Waals surface area contributed by atoms with Crippen LogP contribution in [0.3, 0.4) is 0 Å². The zero-order valence-corrected chi connectivity index (χ0v) is 18.5. The molecule has 1 aliphatic heterocycles. The lowest BCUT2D eigenvalue weighted by Gasteiger charge is -2.31. The van der Waals surface area contributed by atoms with Crippen molar-refractivity contribution >= 4 is 44.2 Å². The molecule has 0 bridgehead atoms. The zero-order chi connectivity index (χ0) is 22.6. The maximum absolute atomic E-state index is 12.7. The van der Waals surface area contributed by atoms with Crippen LogP contribution in [0, 0.1) is 0 Å². The molecule has 13 heteroatoms. The number of hydrogen-bond acceptors (Lipinski definition) is 8. The molecule has 3 N–H and O–H groups in total. The van der Waals surface area contributed by atoms with E-state index in [9.17, 15) is 22.8 Å². The number of rotatable bonds is 5. The molecule has 1 aliphatic rings. The van der Waals surface area contributed by atoms with Gasteiger partial charge in [-0.1, -0.05) is 0 Å². The van der Waals surface area contributed by atoms with Gasteiger partial charge in [-0.3, -0.25) is 25.2 Å². The molecule has 3 rings (SSSR count). The van der Waals surface area contributed by atoms with E-state index in [-0.39, 0.29) is 27.2 Å². The number of carbonyl (C=O) groups excluding carboxylic acids is 3. The van der Waals surface area contributed by atoms with E-state index in [1.807, 2.05) is 7.05 Å². The van der Waals surface area contributed by atoms with Crippen molar-refractivity contribution in [3.05, 3.63) is 40.9 Å². The largest absolute Gasteiger partial charge is 0.304 e. The van der Waals surface area contributed by atoms with Gasteiger partial charge in [-0.25, -0.2) is 13.4 Å². The van der Waals surface area contributed by atoms with Crippen LogP contribution in [0.1, 0.15) is 27.8 Å². The minimum absolute atomic E-state index is 0.0302. The van der Waals surface area contributed by atoms with E-state index in [4.69, 9.17) is 0 Å². The lowest BCUT2D eigenvalue weighted by atomic mass is 10.2. The van der Waals surface area contributed by atoms with Gasteiger partial charge in [-0.2, -0.15) is 4.31 Å². The first-order valence-electron chi connectivity index (χ1n) is 9.29. The summed E-state index contributed by atoms with van der Waals surface area (Å²) in [4.78, 5) is 41.4. The molecule has 1 aromatic carbocycles. The Kier molecular flexibility index (Phi) is 7.00. The zero-order valence-electron chi connectivity index (χ0n) is 16.9. The molecule has 1 fully saturated rings. The number of hydrazine groups is 1. The molecule has 0 radical (unpaired) electrons. The molecular formula is C18H22N6O5S2. The molecule has 1 saturated heterocycles. The molecule has 31 heavy (non-hydrogen) atoms. The molecule has 0 spiro atoms. The summed E-state index contributed by atoms with van der Waals surface area (Å²) in [6.07, 6.45) is 0. The van der Waals surface area contributed by atoms with Crippen LogP contribution in [0.25, 0.3) is 0 Å². The van der Waals surface area contributed by atoms with E-state index in [0.717, 1.165) is 11.3 Å². The minimum atomic E-state index is -3.63. The number of anilines is 1. The lowest BCUT2D eigenvalue weighted by Crippen LogP contribution is -2.47. The molecule has 1 aromatic heterocycles. The van der Waals surface area contributed by atoms with Crippen LogP contribution < -0.4 is 16.2 Å². The number of thiazole rings is 1. The van der Waals surface area contributed by atoms with Crippen molar-refractivity contribution in [2.24, 2.45) is 0 Å². The fraction of sp³-hybridized carbons (Fsp3) is 0.333. The van der Waals surface area contributed by atoms with Gasteiger partial charge in [0.1, 0.15) is 5.69 Å². The van der Waals surface area contributed by atoms with Gasteiger partial charge in [0, 0.05) is 44.0 Å². The topological polar surface area (TPSA) is 141 Å². The number of sulfonamides is 1. The van der Waals surface area contributed by atoms with Gasteiger partial charge in [0.2, 0.25) is 15.9 Å². The first-order chi connectivity index (χ1) is 14.7. The Morgan fingerprint density at radius 3 is 2.23 bits per heavy atom. The molecule has 0 unspecified atom stereocenters. The molecule has 166 valence electrons. The monoisotopic (exact) mass is 466 g/mol. The van der Waals surface area contributed by atoms with Crippen molar-refractivity contribution in [1.29, 1.82) is 0 Å². The lowest BCUT2D eigenvalue weighted by molar-refractivity contribution is -0.114. The van der Waals surface area contributed by atoms with Gasteiger partial charge < -0.3 is 10.2 Å². The first kappa shape index (κ1) is 22.8. The summed E-state index contributed by atoms with van der Waals surface area (Å²) >= 11 is 1.07. The SMILES string of the molecule is CC(=O)Nc1nc(C(=O)NNC(=O)c2ccc(S(=O)(=O)N3CCN(C)CC3)cc2)cs1. The summed E-state index contributed by atoms with van der Waals surface area (Å²) in [5.41, 5.74) is 4.68. The number of nitrogens with zero attached hydrogens (tertiary/aromatic N) is 3. The second-order valence-electron chi connectivity index (χ2n) is 6.86. The van der Waals surface area contributed by atoms with Crippen molar-refractivity contribution in [2.75, 3.05) is 38.5 Å². The third-order valence-corrected chi connectivity index (χ3v) is 7.20. The van der Waals surface area contributed by atoms with Crippen LogP contribution in [0.5, 0.6) is 0 Å². The number of aromatic nitrogens is 1. The van der Waals surface area contributed by atoms with Gasteiger partial charge in [-0.05, 0) is 31.3 Å². The van der Waals surface area contributed by atoms with Crippen LogP contribution in [0.15, 0.2) is 34.5 Å². The average Bonchev–Trinajstić information content (AvgIpc) is 3.20. The number of benzene rings is 1. The van der Waals surface area contributed by atoms with Crippen molar-refractivity contribution in [2.45, 2.75) is 11.8 Å². The highest BCUT2D eigenvalue weighted by Crippen LogP contribution is 2.18. The Hall–Kier alpha value is -2.87. The van der Waals surface area contributed by atoms with Crippen molar-refractivity contribution in [1.82, 2.24) is 25.0 Å². The molecule has 0 saturated carbocycles. The molecule has 2 heterocycles. The predicted octanol–water partition coefficient (Wildman–Crippen LogP) is 0.112. The number of carbonyl (C=O) groups is 3. The second kappa shape index (κ2) is 9.51. The molecule has 11 nitrogen and oxygen atoms in total. The van der Waals surface area contributed by atoms with E-state index < -0.39 is 21.8 Å². The summed E-state index contributed by atoms with van der Waals surface area (Å²) < 4.78 is 26.9. The Morgan fingerprint density at radius 1 is 1.00 bits per heavy atom. The summed E-state index contributed by atoms with van der Waals surface area (Å²) in [6, 6.07) is 5.49. The van der Waals surface area contributed by atoms with E-state index in [1.54, 1.807) is 0 Å². The summed E-state index contributed by atoms with van der Waals surface area (Å²) in [5, 5.41) is 4.16. The highest BCUT2D eigenvalue weighted by molar-refractivity contribution is 7.89. The standard InChI is InChI=1S/C18H22N6O5S2/c1-12(25)19-18-20-15(11-30-18)17(27)22-21-16(26)13-3-5-14(6-4-13)31(28,29)24-9-7-23(2)8-10-24/h3-6,11H,7-10H2,1-2H3,(H,21,26)(H,22,27)(H,19,20,25). The molecule has 0 atom stereocenters. The molecule has 2 aromatic rings. The quantitative estimate of drug-likeness (QED) is 0.531. The predicted molar refractivity (Wildman–Crippen MR) is 114 cm³/mol. The Bertz CT molecular complexity index is 1080. The van der Waals surface area contributed by atoms with Crippen molar-refractivity contribution in [3.63, 3.8) is 0 Å². The Labute approximate surface area is 183 Å². The van der Waals surface area contributed by atoms with Crippen LogP contribution in [-0.2, 0) is 14.8 Å². The van der Waals surface area contributed by atoms with E-state index in [1.165, 1.54) is 40.9 Å². The third-order valence-electron chi connectivity index (χ3n) is 4.53. The average molecular weight is 467 g/mol. The Balaban J connectivity index is 1.58. The highest BCUT2D eigenvalue weighted by Gasteiger charge is 2.27. The summed E-state index contributed by atoms with van der Waals surface area (Å²) in [6.45, 7) is 3.46. The van der Waals surface area contributed by atoms with Crippen LogP contribution in [0.2, 0.25) is 0 Å². The van der Waals surface area contributed by atoms with Crippen LogP contribution in [-0.4, -0.2) is 73.6 Å². The Morgan fingerprint density at radius 2 is 1.61 bits per heavy atom. The maximum atomic E-state index is 12.7. The van der Waals surface area contributed by atoms with E-state index >= 15 is 0 Å². The maximum Gasteiger partial charge on any atom is 0.289 e. The van der Waals surface area contributed by atoms with Crippen molar-refractivity contribution in [3.8, 4) is 0 Å². The van der Waals surface area contributed by atoms with Gasteiger partial charge in [0.05, 0.1) is 4.90 Å². The van der Waals surface area contributed by atoms with Crippen molar-refractivity contribution < 1.29 is 22.8 Å². The number of likely N-dealkylation sites (N-methyl/N-ethyl adjacent to an activating group) is 1. The van der Waals surface area contributed by atoms with E-state index in [0.29, 0.717) is 26.2 Å². The fourth-order valence-electron chi connectivity index (χ4n) is 2.79. The van der Waals surface area contributed by atoms with Gasteiger partial charge in [0.15, 0.2) is 5.13 Å².